The second-order valence-corrected chi connectivity index (χ2v) is 10.1. The molecule has 3 aromatic rings. The van der Waals surface area contributed by atoms with Crippen molar-refractivity contribution < 1.29 is 19.3 Å². The Hall–Kier alpha value is -2.25. The average Bonchev–Trinajstić information content (AvgIpc) is 2.89. The monoisotopic (exact) mass is 500 g/mol. The standard InChI is InChI=1S/C28H34ClFN2O3/c1-35-21-8-9-25-22(17-21)27(23(29)18-31-25)26(34)10-11-28(19-33)12-15-32(16-13-28)14-4-6-20-5-2-3-7-24(20)30/h2-3,5,7-9,17-18,26,33-34H,4,6,10-16,19H2,1H3. The Morgan fingerprint density at radius 1 is 1.20 bits per heavy atom. The second kappa shape index (κ2) is 11.7. The van der Waals surface area contributed by atoms with Gasteiger partial charge in [-0.15, -0.1) is 0 Å². The van der Waals surface area contributed by atoms with Crippen LogP contribution in [-0.4, -0.2) is 53.4 Å². The molecule has 0 radical (unpaired) electrons. The topological polar surface area (TPSA) is 65.8 Å². The van der Waals surface area contributed by atoms with Gasteiger partial charge in [0, 0.05) is 23.8 Å². The highest BCUT2D eigenvalue weighted by atomic mass is 35.5. The van der Waals surface area contributed by atoms with Crippen molar-refractivity contribution in [1.29, 1.82) is 0 Å². The van der Waals surface area contributed by atoms with Gasteiger partial charge in [0.25, 0.3) is 0 Å². The number of aliphatic hydroxyl groups is 2. The molecular formula is C28H34ClFN2O3. The van der Waals surface area contributed by atoms with Gasteiger partial charge in [0.15, 0.2) is 0 Å². The van der Waals surface area contributed by atoms with Gasteiger partial charge in [0.2, 0.25) is 0 Å². The zero-order valence-corrected chi connectivity index (χ0v) is 21.0. The Balaban J connectivity index is 1.34. The van der Waals surface area contributed by atoms with Crippen LogP contribution >= 0.6 is 11.6 Å². The molecule has 5 nitrogen and oxygen atoms in total. The molecule has 0 amide bonds. The summed E-state index contributed by atoms with van der Waals surface area (Å²) >= 11 is 6.46. The summed E-state index contributed by atoms with van der Waals surface area (Å²) in [6.45, 7) is 2.80. The maximum absolute atomic E-state index is 13.8. The molecule has 35 heavy (non-hydrogen) atoms. The van der Waals surface area contributed by atoms with Crippen molar-refractivity contribution in [3.63, 3.8) is 0 Å². The summed E-state index contributed by atoms with van der Waals surface area (Å²) in [7, 11) is 1.60. The van der Waals surface area contributed by atoms with E-state index in [-0.39, 0.29) is 17.8 Å². The van der Waals surface area contributed by atoms with Gasteiger partial charge in [-0.2, -0.15) is 0 Å². The highest BCUT2D eigenvalue weighted by molar-refractivity contribution is 6.32. The first-order chi connectivity index (χ1) is 16.9. The van der Waals surface area contributed by atoms with E-state index in [9.17, 15) is 14.6 Å². The molecule has 0 saturated carbocycles. The highest BCUT2D eigenvalue weighted by Crippen LogP contribution is 2.40. The van der Waals surface area contributed by atoms with E-state index >= 15 is 0 Å². The number of fused-ring (bicyclic) bond motifs is 1. The molecule has 1 aliphatic rings. The molecule has 4 rings (SSSR count). The zero-order chi connectivity index (χ0) is 24.8. The molecule has 1 saturated heterocycles. The number of nitrogens with zero attached hydrogens (tertiary/aromatic N) is 2. The number of pyridine rings is 1. The molecule has 188 valence electrons. The summed E-state index contributed by atoms with van der Waals surface area (Å²) in [6, 6.07) is 12.5. The molecule has 0 spiro atoms. The summed E-state index contributed by atoms with van der Waals surface area (Å²) in [5.41, 5.74) is 1.97. The summed E-state index contributed by atoms with van der Waals surface area (Å²) < 4.78 is 19.2. The molecule has 1 fully saturated rings. The minimum absolute atomic E-state index is 0.0986. The molecule has 2 N–H and O–H groups in total. The zero-order valence-electron chi connectivity index (χ0n) is 20.2. The summed E-state index contributed by atoms with van der Waals surface area (Å²) in [4.78, 5) is 6.76. The van der Waals surface area contributed by atoms with Gasteiger partial charge >= 0.3 is 0 Å². The minimum atomic E-state index is -0.762. The van der Waals surface area contributed by atoms with Crippen LogP contribution in [0.2, 0.25) is 5.02 Å². The van der Waals surface area contributed by atoms with E-state index < -0.39 is 6.10 Å². The van der Waals surface area contributed by atoms with Crippen LogP contribution in [0.4, 0.5) is 4.39 Å². The maximum Gasteiger partial charge on any atom is 0.126 e. The number of likely N-dealkylation sites (tertiary alicyclic amines) is 1. The third-order valence-electron chi connectivity index (χ3n) is 7.48. The Morgan fingerprint density at radius 2 is 1.97 bits per heavy atom. The van der Waals surface area contributed by atoms with E-state index in [1.165, 1.54) is 6.07 Å². The molecule has 1 unspecified atom stereocenters. The van der Waals surface area contributed by atoms with Crippen LogP contribution in [0, 0.1) is 11.2 Å². The van der Waals surface area contributed by atoms with Crippen molar-refractivity contribution in [1.82, 2.24) is 9.88 Å². The normalized spacial score (nSPS) is 16.9. The first-order valence-corrected chi connectivity index (χ1v) is 12.7. The van der Waals surface area contributed by atoms with Gasteiger partial charge in [0.05, 0.1) is 23.8 Å². The summed E-state index contributed by atoms with van der Waals surface area (Å²) in [6.07, 6.45) is 5.40. The lowest BCUT2D eigenvalue weighted by molar-refractivity contribution is 0.0234. The second-order valence-electron chi connectivity index (χ2n) is 9.65. The largest absolute Gasteiger partial charge is 0.497 e. The average molecular weight is 501 g/mol. The molecule has 0 aliphatic carbocycles. The van der Waals surface area contributed by atoms with Crippen LogP contribution in [0.25, 0.3) is 10.9 Å². The Bertz CT molecular complexity index is 1130. The Morgan fingerprint density at radius 3 is 2.69 bits per heavy atom. The van der Waals surface area contributed by atoms with Gasteiger partial charge in [0.1, 0.15) is 11.6 Å². The molecule has 1 atom stereocenters. The van der Waals surface area contributed by atoms with Gasteiger partial charge in [-0.1, -0.05) is 29.8 Å². The van der Waals surface area contributed by atoms with Crippen molar-refractivity contribution in [2.45, 2.75) is 44.6 Å². The fourth-order valence-electron chi connectivity index (χ4n) is 5.15. The number of benzene rings is 2. The lowest BCUT2D eigenvalue weighted by atomic mass is 9.74. The third-order valence-corrected chi connectivity index (χ3v) is 7.78. The van der Waals surface area contributed by atoms with Crippen LogP contribution < -0.4 is 4.74 Å². The van der Waals surface area contributed by atoms with Crippen molar-refractivity contribution >= 4 is 22.5 Å². The molecular weight excluding hydrogens is 467 g/mol. The molecule has 2 heterocycles. The van der Waals surface area contributed by atoms with E-state index in [0.29, 0.717) is 29.2 Å². The van der Waals surface area contributed by atoms with Gasteiger partial charge < -0.3 is 19.8 Å². The maximum atomic E-state index is 13.8. The number of aryl methyl sites for hydroxylation is 1. The van der Waals surface area contributed by atoms with Crippen molar-refractivity contribution in [2.24, 2.45) is 5.41 Å². The van der Waals surface area contributed by atoms with Gasteiger partial charge in [-0.25, -0.2) is 4.39 Å². The first-order valence-electron chi connectivity index (χ1n) is 12.3. The summed E-state index contributed by atoms with van der Waals surface area (Å²) in [5, 5.41) is 22.6. The smallest absolute Gasteiger partial charge is 0.126 e. The van der Waals surface area contributed by atoms with Crippen molar-refractivity contribution in [3.8, 4) is 5.75 Å². The SMILES string of the molecule is COc1ccc2ncc(Cl)c(C(O)CCC3(CO)CCN(CCCc4ccccc4F)CC3)c2c1. The quantitative estimate of drug-likeness (QED) is 0.381. The predicted molar refractivity (Wildman–Crippen MR) is 137 cm³/mol. The number of halogens is 2. The number of hydrogen-bond donors (Lipinski definition) is 2. The Kier molecular flexibility index (Phi) is 8.60. The first kappa shape index (κ1) is 25.8. The van der Waals surface area contributed by atoms with E-state index in [2.05, 4.69) is 9.88 Å². The van der Waals surface area contributed by atoms with Crippen LogP contribution in [0.5, 0.6) is 5.75 Å². The van der Waals surface area contributed by atoms with Crippen molar-refractivity contribution in [3.05, 3.63) is 70.6 Å². The van der Waals surface area contributed by atoms with E-state index in [1.54, 1.807) is 19.4 Å². The van der Waals surface area contributed by atoms with Crippen molar-refractivity contribution in [2.75, 3.05) is 33.4 Å². The van der Waals surface area contributed by atoms with Crippen LogP contribution in [0.15, 0.2) is 48.7 Å². The fourth-order valence-corrected chi connectivity index (χ4v) is 5.43. The molecule has 2 aromatic carbocycles. The lowest BCUT2D eigenvalue weighted by Gasteiger charge is -2.41. The number of aliphatic hydroxyl groups excluding tert-OH is 2. The minimum Gasteiger partial charge on any atom is -0.497 e. The number of rotatable bonds is 10. The number of methoxy groups -OCH3 is 1. The van der Waals surface area contributed by atoms with Crippen LogP contribution in [0.3, 0.4) is 0 Å². The van der Waals surface area contributed by atoms with E-state index in [1.807, 2.05) is 30.3 Å². The molecule has 0 bridgehead atoms. The Labute approximate surface area is 211 Å². The van der Waals surface area contributed by atoms with E-state index in [4.69, 9.17) is 16.3 Å². The van der Waals surface area contributed by atoms with Gasteiger partial charge in [-0.3, -0.25) is 4.98 Å². The molecule has 7 heteroatoms. The van der Waals surface area contributed by atoms with Crippen LogP contribution in [-0.2, 0) is 6.42 Å². The number of piperidine rings is 1. The number of hydrogen-bond acceptors (Lipinski definition) is 5. The molecule has 1 aliphatic heterocycles. The number of ether oxygens (including phenoxy) is 1. The number of aromatic nitrogens is 1. The lowest BCUT2D eigenvalue weighted by Crippen LogP contribution is -2.42. The van der Waals surface area contributed by atoms with E-state index in [0.717, 1.165) is 61.8 Å². The third kappa shape index (κ3) is 6.12. The van der Waals surface area contributed by atoms with Crippen LogP contribution in [0.1, 0.15) is 49.3 Å². The van der Waals surface area contributed by atoms with Gasteiger partial charge in [-0.05, 0) is 93.4 Å². The molecule has 1 aromatic heterocycles. The highest BCUT2D eigenvalue weighted by Gasteiger charge is 2.34. The summed E-state index contributed by atoms with van der Waals surface area (Å²) in [5.74, 6) is 0.550. The fraction of sp³-hybridized carbons (Fsp3) is 0.464. The predicted octanol–water partition coefficient (Wildman–Crippen LogP) is 5.56.